The maximum Gasteiger partial charge on any atom is 0.131 e. The summed E-state index contributed by atoms with van der Waals surface area (Å²) in [6, 6.07) is 26.0. The molecule has 1 aromatic heterocycles. The average molecular weight is 938 g/mol. The van der Waals surface area contributed by atoms with Gasteiger partial charge in [-0.2, -0.15) is 12.4 Å². The Hall–Kier alpha value is -3.55. The smallest absolute Gasteiger partial charge is 0.131 e. The van der Waals surface area contributed by atoms with Gasteiger partial charge in [0, 0.05) is 11.1 Å². The minimum atomic E-state index is 0.362. The van der Waals surface area contributed by atoms with E-state index in [1.165, 1.54) is 81.0 Å². The van der Waals surface area contributed by atoms with Crippen molar-refractivity contribution in [2.24, 2.45) is 3.50 Å². The zero-order valence-electron chi connectivity index (χ0n) is 38.0. The quantitative estimate of drug-likeness (QED) is 0.142. The summed E-state index contributed by atoms with van der Waals surface area (Å²) in [5.74, 6) is 3.46. The topological polar surface area (TPSA) is 46.7 Å². The number of hydrogen-bond donors (Lipinski definition) is 1. The summed E-state index contributed by atoms with van der Waals surface area (Å²) in [6.07, 6.45) is 4.25. The molecule has 0 spiro atoms. The van der Waals surface area contributed by atoms with Crippen molar-refractivity contribution in [3.05, 3.63) is 144 Å². The van der Waals surface area contributed by atoms with Crippen LogP contribution < -0.4 is 4.98 Å². The van der Waals surface area contributed by atoms with Gasteiger partial charge in [-0.05, 0) is 75.5 Å². The van der Waals surface area contributed by atoms with Crippen LogP contribution in [0.25, 0.3) is 22.3 Å². The number of aromatic hydroxyl groups is 1. The van der Waals surface area contributed by atoms with Gasteiger partial charge in [0.05, 0.1) is 0 Å². The Bertz CT molecular complexity index is 1860. The minimum absolute atomic E-state index is 0.362. The number of hydrogen-bond acceptors (Lipinski definition) is 2. The number of nitrogens with zero attached hydrogens (tertiary/aromatic N) is 2. The first-order valence-electron chi connectivity index (χ1n) is 21.0. The molecule has 0 atom stereocenters. The van der Waals surface area contributed by atoms with E-state index >= 15 is 0 Å². The van der Waals surface area contributed by atoms with Gasteiger partial charge >= 0.3 is 97.7 Å². The molecule has 0 bridgehead atoms. The van der Waals surface area contributed by atoms with E-state index < -0.39 is 0 Å². The molecule has 0 radical (unpaired) electrons. The van der Waals surface area contributed by atoms with Crippen molar-refractivity contribution in [2.75, 3.05) is 0 Å². The van der Waals surface area contributed by atoms with Gasteiger partial charge in [0.25, 0.3) is 0 Å². The number of phenols is 1. The largest absolute Gasteiger partial charge is 0.670 e. The van der Waals surface area contributed by atoms with Crippen LogP contribution in [0.4, 0.5) is 5.69 Å². The average Bonchev–Trinajstić information content (AvgIpc) is 3.75. The van der Waals surface area contributed by atoms with Gasteiger partial charge in [0.1, 0.15) is 5.75 Å². The molecule has 0 aliphatic heterocycles. The van der Waals surface area contributed by atoms with Crippen molar-refractivity contribution in [3.63, 3.8) is 0 Å². The monoisotopic (exact) mass is 938 g/mol. The van der Waals surface area contributed by atoms with Crippen molar-refractivity contribution in [2.45, 2.75) is 152 Å². The van der Waals surface area contributed by atoms with Gasteiger partial charge in [-0.3, -0.25) is 0 Å². The standard InChI is InChI=1S/C34H46O.C12H17N.C4H4N.C3H6.W/c1-19(2)25-17-30(22(7)8)33(31(18-25)23(9)10)27-14-12-13-26(34(27)35)32-28(20(3)4)15-24(11)16-29(32)21(5)6;1-8(2)10-6-5-7-11(9(3)4)12(10)13;1-2-4-5-3-1;1-3-2;/h12-23,35H,1-11H3;5-9H,1-4H3;1-4H;1-3H2;/q;;-1;-2;. The van der Waals surface area contributed by atoms with Gasteiger partial charge in [-0.15, -0.1) is 0 Å². The number of rotatable bonds is 10. The Morgan fingerprint density at radius 3 is 1.14 bits per heavy atom. The Labute approximate surface area is 360 Å². The number of para-hydroxylation sites is 1. The molecule has 0 amide bonds. The zero-order chi connectivity index (χ0) is 43.1. The molecule has 0 saturated carbocycles. The van der Waals surface area contributed by atoms with E-state index in [1.54, 1.807) is 12.4 Å². The molecule has 310 valence electrons. The molecule has 0 aliphatic carbocycles. The first-order valence-corrected chi connectivity index (χ1v) is 22.4. The van der Waals surface area contributed by atoms with E-state index in [2.05, 4.69) is 187 Å². The van der Waals surface area contributed by atoms with E-state index in [9.17, 15) is 5.11 Å². The van der Waals surface area contributed by atoms with Gasteiger partial charge in [0.15, 0.2) is 0 Å². The third kappa shape index (κ3) is 13.5. The molecule has 5 aromatic rings. The van der Waals surface area contributed by atoms with Crippen LogP contribution in [0, 0.1) is 20.8 Å². The predicted molar refractivity (Wildman–Crippen MR) is 246 cm³/mol. The molecule has 4 aromatic carbocycles. The summed E-state index contributed by atoms with van der Waals surface area (Å²) in [5.41, 5.74) is 16.2. The number of aromatic nitrogens is 1. The Kier molecular flexibility index (Phi) is 20.7. The predicted octanol–water partition coefficient (Wildman–Crippen LogP) is 16.6. The molecule has 3 nitrogen and oxygen atoms in total. The third-order valence-corrected chi connectivity index (χ3v) is 10.8. The fraction of sp³-hybridized carbons (Fsp3) is 0.434. The van der Waals surface area contributed by atoms with Crippen LogP contribution in [-0.2, 0) is 19.6 Å². The number of phenolic OH excluding ortho intramolecular Hbond substituents is 1. The molecular formula is C53H73N2OW-3. The summed E-state index contributed by atoms with van der Waals surface area (Å²) < 4.78 is 4.50. The van der Waals surface area contributed by atoms with Crippen LogP contribution in [-0.4, -0.2) is 5.11 Å². The summed E-state index contributed by atoms with van der Waals surface area (Å²) in [4.78, 5) is 3.72. The maximum atomic E-state index is 12.0. The fourth-order valence-electron chi connectivity index (χ4n) is 7.14. The van der Waals surface area contributed by atoms with Crippen LogP contribution >= 0.6 is 0 Å². The number of benzene rings is 4. The van der Waals surface area contributed by atoms with Crippen LogP contribution in [0.15, 0.2) is 88.7 Å². The Morgan fingerprint density at radius 2 is 0.860 bits per heavy atom. The first kappa shape index (κ1) is 49.6. The van der Waals surface area contributed by atoms with Crippen LogP contribution in [0.3, 0.4) is 0 Å². The van der Waals surface area contributed by atoms with Crippen LogP contribution in [0.5, 0.6) is 5.75 Å². The molecular weight excluding hydrogens is 864 g/mol. The molecule has 0 unspecified atom stereocenters. The van der Waals surface area contributed by atoms with E-state index in [4.69, 9.17) is 0 Å². The van der Waals surface area contributed by atoms with Gasteiger partial charge in [-0.1, -0.05) is 129 Å². The molecule has 5 rings (SSSR count). The van der Waals surface area contributed by atoms with Gasteiger partial charge < -0.3 is 30.4 Å². The SMILES string of the molecule is CC(C)c1cccc(C(C)C)c1[N]=[W].Cc1cc(C(C)C)c(-c2cccc(-c3c(C(C)C)cc(C(C)C)cc3C(C)C)c2O)c(C(C)C)c1.[CH2-]C[CH2-].c1cc[n-]c1. The van der Waals surface area contributed by atoms with Gasteiger partial charge in [0.2, 0.25) is 0 Å². The van der Waals surface area contributed by atoms with Gasteiger partial charge in [-0.25, -0.2) is 0 Å². The zero-order valence-corrected chi connectivity index (χ0v) is 40.9. The maximum absolute atomic E-state index is 12.0. The molecule has 0 aliphatic rings. The minimum Gasteiger partial charge on any atom is -0.670 e. The van der Waals surface area contributed by atoms with Crippen LogP contribution in [0.1, 0.15) is 189 Å². The summed E-state index contributed by atoms with van der Waals surface area (Å²) in [7, 11) is 0. The first-order chi connectivity index (χ1) is 26.8. The van der Waals surface area contributed by atoms with Crippen molar-refractivity contribution in [1.29, 1.82) is 0 Å². The van der Waals surface area contributed by atoms with Crippen molar-refractivity contribution >= 4 is 5.69 Å². The third-order valence-electron chi connectivity index (χ3n) is 10.2. The Balaban J connectivity index is 0.000000414. The van der Waals surface area contributed by atoms with E-state index in [0.29, 0.717) is 47.2 Å². The second-order valence-electron chi connectivity index (χ2n) is 17.2. The molecule has 1 heterocycles. The van der Waals surface area contributed by atoms with Crippen molar-refractivity contribution < 1.29 is 24.7 Å². The normalized spacial score (nSPS) is 11.2. The van der Waals surface area contributed by atoms with Crippen molar-refractivity contribution in [3.8, 4) is 28.0 Å². The van der Waals surface area contributed by atoms with E-state index in [1.807, 2.05) is 12.1 Å². The second kappa shape index (κ2) is 23.8. The molecule has 0 fully saturated rings. The fourth-order valence-corrected chi connectivity index (χ4v) is 7.90. The summed E-state index contributed by atoms with van der Waals surface area (Å²) in [6.45, 7) is 40.4. The van der Waals surface area contributed by atoms with Crippen molar-refractivity contribution in [1.82, 2.24) is 4.98 Å². The summed E-state index contributed by atoms with van der Waals surface area (Å²) in [5, 5.41) is 12.0. The Morgan fingerprint density at radius 1 is 0.526 bits per heavy atom. The molecule has 4 heteroatoms. The summed E-state index contributed by atoms with van der Waals surface area (Å²) >= 11 is 1.29. The number of aryl methyl sites for hydroxylation is 1. The van der Waals surface area contributed by atoms with E-state index in [0.717, 1.165) is 17.5 Å². The molecule has 0 saturated heterocycles. The molecule has 57 heavy (non-hydrogen) atoms. The van der Waals surface area contributed by atoms with Crippen LogP contribution in [0.2, 0.25) is 0 Å². The van der Waals surface area contributed by atoms with E-state index in [-0.39, 0.29) is 0 Å². The molecule has 1 N–H and O–H groups in total. The second-order valence-corrected chi connectivity index (χ2v) is 17.9.